The summed E-state index contributed by atoms with van der Waals surface area (Å²) in [6.07, 6.45) is 10.8. The lowest BCUT2D eigenvalue weighted by atomic mass is 10.1. The number of hydrogen-bond acceptors (Lipinski definition) is 3. The molecular weight excluding hydrogens is 286 g/mol. The molecular formula is C18H17N5. The number of aromatic nitrogens is 5. The molecule has 0 aliphatic rings. The van der Waals surface area contributed by atoms with E-state index in [4.69, 9.17) is 0 Å². The lowest BCUT2D eigenvalue weighted by Gasteiger charge is -2.04. The maximum atomic E-state index is 4.61. The molecule has 5 nitrogen and oxygen atoms in total. The fourth-order valence-corrected chi connectivity index (χ4v) is 2.90. The van der Waals surface area contributed by atoms with Gasteiger partial charge in [0.05, 0.1) is 29.3 Å². The Bertz CT molecular complexity index is 923. The number of rotatable bonds is 4. The molecule has 0 aromatic carbocycles. The van der Waals surface area contributed by atoms with Gasteiger partial charge in [0, 0.05) is 41.6 Å². The number of hydrogen-bond donors (Lipinski definition) is 1. The van der Waals surface area contributed by atoms with E-state index in [-0.39, 0.29) is 0 Å². The zero-order chi connectivity index (χ0) is 15.6. The quantitative estimate of drug-likeness (QED) is 0.622. The van der Waals surface area contributed by atoms with Gasteiger partial charge in [-0.2, -0.15) is 5.10 Å². The highest BCUT2D eigenvalue weighted by molar-refractivity contribution is 5.97. The van der Waals surface area contributed by atoms with Gasteiger partial charge in [-0.15, -0.1) is 0 Å². The zero-order valence-corrected chi connectivity index (χ0v) is 12.9. The molecule has 0 bridgehead atoms. The third-order valence-corrected chi connectivity index (χ3v) is 3.97. The molecule has 0 saturated heterocycles. The van der Waals surface area contributed by atoms with Gasteiger partial charge in [0.15, 0.2) is 0 Å². The first-order valence-corrected chi connectivity index (χ1v) is 7.76. The Kier molecular flexibility index (Phi) is 3.38. The zero-order valence-electron chi connectivity index (χ0n) is 12.9. The molecule has 4 heterocycles. The Morgan fingerprint density at radius 3 is 2.83 bits per heavy atom. The first-order chi connectivity index (χ1) is 11.4. The summed E-state index contributed by atoms with van der Waals surface area (Å²) in [7, 11) is 0. The fourth-order valence-electron chi connectivity index (χ4n) is 2.90. The van der Waals surface area contributed by atoms with Crippen molar-refractivity contribution in [2.45, 2.75) is 19.9 Å². The van der Waals surface area contributed by atoms with Crippen LogP contribution in [0.4, 0.5) is 0 Å². The highest BCUT2D eigenvalue weighted by Gasteiger charge is 2.13. The summed E-state index contributed by atoms with van der Waals surface area (Å²) >= 11 is 0. The van der Waals surface area contributed by atoms with E-state index in [1.54, 1.807) is 6.20 Å². The van der Waals surface area contributed by atoms with Gasteiger partial charge in [0.2, 0.25) is 0 Å². The van der Waals surface area contributed by atoms with Crippen molar-refractivity contribution in [2.75, 3.05) is 0 Å². The van der Waals surface area contributed by atoms with Crippen molar-refractivity contribution in [3.8, 4) is 22.5 Å². The van der Waals surface area contributed by atoms with E-state index in [9.17, 15) is 0 Å². The number of fused-ring (bicyclic) bond motifs is 1. The topological polar surface area (TPSA) is 59.4 Å². The second kappa shape index (κ2) is 5.68. The van der Waals surface area contributed by atoms with Crippen LogP contribution < -0.4 is 0 Å². The van der Waals surface area contributed by atoms with Crippen LogP contribution in [0.3, 0.4) is 0 Å². The number of nitrogens with one attached hydrogen (secondary N) is 1. The van der Waals surface area contributed by atoms with Gasteiger partial charge in [0.1, 0.15) is 0 Å². The van der Waals surface area contributed by atoms with E-state index in [0.717, 1.165) is 35.4 Å². The van der Waals surface area contributed by atoms with E-state index in [2.05, 4.69) is 43.9 Å². The van der Waals surface area contributed by atoms with Crippen molar-refractivity contribution >= 4 is 10.9 Å². The third kappa shape index (κ3) is 2.40. The van der Waals surface area contributed by atoms with E-state index >= 15 is 0 Å². The number of aryl methyl sites for hydroxylation is 1. The fraction of sp³-hybridized carbons (Fsp3) is 0.167. The predicted molar refractivity (Wildman–Crippen MR) is 90.8 cm³/mol. The minimum absolute atomic E-state index is 0.885. The lowest BCUT2D eigenvalue weighted by Crippen LogP contribution is -1.94. The van der Waals surface area contributed by atoms with E-state index < -0.39 is 0 Å². The highest BCUT2D eigenvalue weighted by atomic mass is 15.1. The minimum Gasteiger partial charge on any atom is -0.346 e. The van der Waals surface area contributed by atoms with Gasteiger partial charge in [-0.1, -0.05) is 13.0 Å². The molecule has 0 spiro atoms. The molecule has 0 saturated carbocycles. The molecule has 0 atom stereocenters. The summed E-state index contributed by atoms with van der Waals surface area (Å²) in [5.74, 6) is 0. The van der Waals surface area contributed by atoms with Crippen LogP contribution in [0.1, 0.15) is 13.3 Å². The van der Waals surface area contributed by atoms with Crippen molar-refractivity contribution in [2.24, 2.45) is 0 Å². The number of aromatic amines is 1. The molecule has 0 aliphatic carbocycles. The second-order valence-electron chi connectivity index (χ2n) is 5.52. The molecule has 5 heteroatoms. The molecule has 0 fully saturated rings. The Labute approximate surface area is 134 Å². The van der Waals surface area contributed by atoms with Gasteiger partial charge in [0.25, 0.3) is 0 Å². The van der Waals surface area contributed by atoms with Crippen molar-refractivity contribution in [1.29, 1.82) is 0 Å². The van der Waals surface area contributed by atoms with Crippen molar-refractivity contribution in [3.63, 3.8) is 0 Å². The second-order valence-corrected chi connectivity index (χ2v) is 5.52. The van der Waals surface area contributed by atoms with E-state index in [0.29, 0.717) is 0 Å². The van der Waals surface area contributed by atoms with Crippen LogP contribution in [0.15, 0.2) is 55.2 Å². The van der Waals surface area contributed by atoms with Crippen LogP contribution in [0.5, 0.6) is 0 Å². The van der Waals surface area contributed by atoms with E-state index in [1.165, 1.54) is 10.9 Å². The summed E-state index contributed by atoms with van der Waals surface area (Å²) in [5.41, 5.74) is 5.17. The summed E-state index contributed by atoms with van der Waals surface area (Å²) in [4.78, 5) is 9.01. The smallest absolute Gasteiger partial charge is 0.0893 e. The van der Waals surface area contributed by atoms with Crippen LogP contribution in [0.25, 0.3) is 33.4 Å². The Hall–Kier alpha value is -2.95. The SMILES string of the molecule is CCCn1cc(-c2cn[nH]c2)c2cc(-c3ccccn3)ncc21. The third-order valence-electron chi connectivity index (χ3n) is 3.97. The van der Waals surface area contributed by atoms with Gasteiger partial charge < -0.3 is 4.57 Å². The minimum atomic E-state index is 0.885. The van der Waals surface area contributed by atoms with Crippen LogP contribution >= 0.6 is 0 Å². The highest BCUT2D eigenvalue weighted by Crippen LogP contribution is 2.32. The largest absolute Gasteiger partial charge is 0.346 e. The standard InChI is InChI=1S/C18H17N5/c1-2-7-23-12-15(13-9-21-22-10-13)14-8-17(20-11-18(14)23)16-5-3-4-6-19-16/h3-6,8-12H,2,7H2,1H3,(H,21,22). The first kappa shape index (κ1) is 13.7. The number of pyridine rings is 2. The Morgan fingerprint density at radius 2 is 2.09 bits per heavy atom. The number of nitrogens with zero attached hydrogens (tertiary/aromatic N) is 4. The molecule has 4 aromatic rings. The molecule has 4 rings (SSSR count). The van der Waals surface area contributed by atoms with Crippen molar-refractivity contribution in [1.82, 2.24) is 24.7 Å². The Morgan fingerprint density at radius 1 is 1.13 bits per heavy atom. The van der Waals surface area contributed by atoms with Gasteiger partial charge >= 0.3 is 0 Å². The molecule has 1 N–H and O–H groups in total. The lowest BCUT2D eigenvalue weighted by molar-refractivity contribution is 0.703. The Balaban J connectivity index is 1.94. The predicted octanol–water partition coefficient (Wildman–Crippen LogP) is 3.90. The average Bonchev–Trinajstić information content (AvgIpc) is 3.24. The molecule has 114 valence electrons. The maximum Gasteiger partial charge on any atom is 0.0893 e. The van der Waals surface area contributed by atoms with Crippen LogP contribution in [0, 0.1) is 0 Å². The van der Waals surface area contributed by atoms with Gasteiger partial charge in [-0.25, -0.2) is 0 Å². The number of H-pyrrole nitrogens is 1. The summed E-state index contributed by atoms with van der Waals surface area (Å²) in [6, 6.07) is 7.99. The van der Waals surface area contributed by atoms with Crippen molar-refractivity contribution in [3.05, 3.63) is 55.2 Å². The maximum absolute atomic E-state index is 4.61. The summed E-state index contributed by atoms with van der Waals surface area (Å²) < 4.78 is 2.26. The monoisotopic (exact) mass is 303 g/mol. The first-order valence-electron chi connectivity index (χ1n) is 7.76. The van der Waals surface area contributed by atoms with Crippen LogP contribution in [0.2, 0.25) is 0 Å². The van der Waals surface area contributed by atoms with Crippen molar-refractivity contribution < 1.29 is 0 Å². The average molecular weight is 303 g/mol. The molecule has 0 aliphatic heterocycles. The molecule has 4 aromatic heterocycles. The molecule has 0 amide bonds. The molecule has 0 radical (unpaired) electrons. The van der Waals surface area contributed by atoms with Gasteiger partial charge in [-0.3, -0.25) is 15.1 Å². The van der Waals surface area contributed by atoms with Gasteiger partial charge in [-0.05, 0) is 24.6 Å². The van der Waals surface area contributed by atoms with Crippen LogP contribution in [-0.2, 0) is 6.54 Å². The van der Waals surface area contributed by atoms with E-state index in [1.807, 2.05) is 36.8 Å². The van der Waals surface area contributed by atoms with Crippen LogP contribution in [-0.4, -0.2) is 24.7 Å². The normalized spacial score (nSPS) is 11.2. The summed E-state index contributed by atoms with van der Waals surface area (Å²) in [5, 5.41) is 8.15. The molecule has 23 heavy (non-hydrogen) atoms. The molecule has 0 unspecified atom stereocenters. The summed E-state index contributed by atoms with van der Waals surface area (Å²) in [6.45, 7) is 3.15.